The fraction of sp³-hybridized carbons (Fsp3) is 0.605. The zero-order valence-electron chi connectivity index (χ0n) is 28.9. The molecule has 11 nitrogen and oxygen atoms in total. The minimum Gasteiger partial charge on any atom is -0.508 e. The molecular weight excluding hydrogens is 622 g/mol. The van der Waals surface area contributed by atoms with Gasteiger partial charge in [-0.25, -0.2) is 9.59 Å². The van der Waals surface area contributed by atoms with Crippen LogP contribution in [0.15, 0.2) is 42.5 Å². The van der Waals surface area contributed by atoms with Crippen molar-refractivity contribution in [3.63, 3.8) is 0 Å². The fourth-order valence-electron chi connectivity index (χ4n) is 8.32. The summed E-state index contributed by atoms with van der Waals surface area (Å²) < 4.78 is 6.07. The number of carbonyl (C=O) groups excluding carboxylic acids is 3. The molecule has 0 radical (unpaired) electrons. The van der Waals surface area contributed by atoms with Crippen molar-refractivity contribution in [2.45, 2.75) is 76.9 Å². The first-order valence-corrected chi connectivity index (χ1v) is 18.4. The lowest BCUT2D eigenvalue weighted by Gasteiger charge is -2.41. The molecule has 4 aliphatic rings. The minimum absolute atomic E-state index is 0.0171. The van der Waals surface area contributed by atoms with E-state index in [1.807, 2.05) is 47.1 Å². The lowest BCUT2D eigenvalue weighted by Crippen LogP contribution is -2.52. The molecule has 0 saturated carbocycles. The van der Waals surface area contributed by atoms with E-state index in [9.17, 15) is 24.6 Å². The van der Waals surface area contributed by atoms with Crippen LogP contribution in [0.3, 0.4) is 0 Å². The molecule has 11 heteroatoms. The number of ether oxygens (including phenoxy) is 1. The minimum atomic E-state index is -0.965. The van der Waals surface area contributed by atoms with Crippen molar-refractivity contribution in [1.82, 2.24) is 19.6 Å². The van der Waals surface area contributed by atoms with Gasteiger partial charge < -0.3 is 39.9 Å². The normalized spacial score (nSPS) is 20.8. The lowest BCUT2D eigenvalue weighted by molar-refractivity contribution is -0.142. The number of phenolic OH excluding ortho intramolecular Hbond substituents is 1. The topological polar surface area (TPSA) is 126 Å². The van der Waals surface area contributed by atoms with Crippen molar-refractivity contribution >= 4 is 23.7 Å². The van der Waals surface area contributed by atoms with Crippen molar-refractivity contribution in [1.29, 1.82) is 0 Å². The summed E-state index contributed by atoms with van der Waals surface area (Å²) in [5.74, 6) is 1.28. The number of nitrogens with zero attached hydrogens (tertiary/aromatic N) is 4. The van der Waals surface area contributed by atoms with Crippen molar-refractivity contribution in [3.05, 3.63) is 59.2 Å². The zero-order chi connectivity index (χ0) is 34.3. The van der Waals surface area contributed by atoms with Gasteiger partial charge in [0.15, 0.2) is 6.10 Å². The van der Waals surface area contributed by atoms with Crippen LogP contribution in [0, 0.1) is 11.8 Å². The van der Waals surface area contributed by atoms with E-state index < -0.39 is 12.2 Å². The number of aliphatic hydroxyl groups is 1. The molecule has 1 atom stereocenters. The average Bonchev–Trinajstić information content (AvgIpc) is 3.30. The number of amides is 4. The molecule has 0 bridgehead atoms. The van der Waals surface area contributed by atoms with E-state index in [-0.39, 0.29) is 36.8 Å². The van der Waals surface area contributed by atoms with Crippen molar-refractivity contribution in [2.75, 3.05) is 64.3 Å². The average molecular weight is 676 g/mol. The van der Waals surface area contributed by atoms with E-state index in [2.05, 4.69) is 10.2 Å². The van der Waals surface area contributed by atoms with Gasteiger partial charge in [-0.2, -0.15) is 0 Å². The van der Waals surface area contributed by atoms with Gasteiger partial charge in [-0.15, -0.1) is 0 Å². The molecule has 3 N–H and O–H groups in total. The monoisotopic (exact) mass is 675 g/mol. The number of aliphatic hydroxyl groups excluding tert-OH is 1. The van der Waals surface area contributed by atoms with Crippen LogP contribution < -0.4 is 5.32 Å². The Labute approximate surface area is 290 Å². The molecule has 4 heterocycles. The summed E-state index contributed by atoms with van der Waals surface area (Å²) in [5, 5.41) is 22.6. The summed E-state index contributed by atoms with van der Waals surface area (Å²) in [6.45, 7) is 7.77. The number of anilines is 1. The first-order valence-electron chi connectivity index (χ1n) is 18.4. The summed E-state index contributed by atoms with van der Waals surface area (Å²) in [6, 6.07) is 13.2. The smallest absolute Gasteiger partial charge is 0.410 e. The molecular formula is C38H53N5O6. The molecule has 0 unspecified atom stereocenters. The maximum atomic E-state index is 14.1. The van der Waals surface area contributed by atoms with E-state index >= 15 is 0 Å². The predicted molar refractivity (Wildman–Crippen MR) is 187 cm³/mol. The Morgan fingerprint density at radius 1 is 0.898 bits per heavy atom. The first-order chi connectivity index (χ1) is 23.8. The van der Waals surface area contributed by atoms with Gasteiger partial charge in [-0.05, 0) is 105 Å². The predicted octanol–water partition coefficient (Wildman–Crippen LogP) is 4.50. The van der Waals surface area contributed by atoms with Gasteiger partial charge in [-0.3, -0.25) is 4.79 Å². The summed E-state index contributed by atoms with van der Waals surface area (Å²) in [5.41, 5.74) is 3.62. The Morgan fingerprint density at radius 2 is 1.57 bits per heavy atom. The largest absolute Gasteiger partial charge is 0.508 e. The maximum Gasteiger partial charge on any atom is 0.410 e. The number of aromatic hydroxyl groups is 1. The highest BCUT2D eigenvalue weighted by Crippen LogP contribution is 2.33. The third-order valence-electron chi connectivity index (χ3n) is 11.3. The lowest BCUT2D eigenvalue weighted by atomic mass is 9.78. The van der Waals surface area contributed by atoms with Gasteiger partial charge in [0, 0.05) is 57.4 Å². The first kappa shape index (κ1) is 35.0. The number of benzene rings is 2. The number of urea groups is 1. The second kappa shape index (κ2) is 16.3. The number of hydrogen-bond acceptors (Lipinski definition) is 7. The Bertz CT molecular complexity index is 1450. The van der Waals surface area contributed by atoms with Gasteiger partial charge in [0.2, 0.25) is 0 Å². The number of para-hydroxylation sites is 1. The van der Waals surface area contributed by atoms with Gasteiger partial charge in [0.25, 0.3) is 5.91 Å². The molecule has 0 spiro atoms. The molecule has 266 valence electrons. The summed E-state index contributed by atoms with van der Waals surface area (Å²) >= 11 is 0. The van der Waals surface area contributed by atoms with Gasteiger partial charge >= 0.3 is 12.1 Å². The van der Waals surface area contributed by atoms with Crippen LogP contribution in [0.25, 0.3) is 0 Å². The van der Waals surface area contributed by atoms with E-state index in [1.165, 1.54) is 0 Å². The number of piperidine rings is 3. The van der Waals surface area contributed by atoms with E-state index in [0.717, 1.165) is 74.1 Å². The number of carbonyl (C=O) groups is 3. The third-order valence-corrected chi connectivity index (χ3v) is 11.3. The highest BCUT2D eigenvalue weighted by Gasteiger charge is 2.37. The van der Waals surface area contributed by atoms with Crippen molar-refractivity contribution in [2.24, 2.45) is 11.8 Å². The maximum absolute atomic E-state index is 14.1. The van der Waals surface area contributed by atoms with Gasteiger partial charge in [0.1, 0.15) is 5.75 Å². The van der Waals surface area contributed by atoms with Crippen LogP contribution in [0.1, 0.15) is 62.1 Å². The second-order valence-corrected chi connectivity index (χ2v) is 14.2. The Kier molecular flexibility index (Phi) is 11.6. The number of nitrogens with one attached hydrogen (secondary N) is 1. The molecule has 0 aromatic heterocycles. The number of phenols is 1. The summed E-state index contributed by atoms with van der Waals surface area (Å²) in [7, 11) is 0. The molecule has 0 aliphatic carbocycles. The highest BCUT2D eigenvalue weighted by molar-refractivity contribution is 5.91. The van der Waals surface area contributed by atoms with Crippen molar-refractivity contribution in [3.8, 4) is 5.75 Å². The summed E-state index contributed by atoms with van der Waals surface area (Å²) in [6.07, 6.45) is 5.64. The van der Waals surface area contributed by atoms with Crippen LogP contribution >= 0.6 is 0 Å². The second-order valence-electron chi connectivity index (χ2n) is 14.2. The van der Waals surface area contributed by atoms with Gasteiger partial charge in [0.05, 0.1) is 6.61 Å². The van der Waals surface area contributed by atoms with Crippen LogP contribution in [0.2, 0.25) is 0 Å². The van der Waals surface area contributed by atoms with E-state index in [0.29, 0.717) is 63.8 Å². The Hall–Kier alpha value is -3.83. The standard InChI is InChI=1S/C38H53N5O6/c1-2-28-25-27(7-8-34(28)45)26-35(36(46)41-18-11-30(12-19-41)29-9-16-40(17-10-29)23-24-44)49-38(48)42-20-14-32(15-21-42)43-22-13-31-5-3-4-6-33(31)39-37(43)47/h3-8,25,29-30,32,35,44-45H,2,9-24,26H2,1H3,(H,39,47)/t35-/m1/s1. The Balaban J connectivity index is 1.06. The number of likely N-dealkylation sites (tertiary alicyclic amines) is 3. The number of β-amino-alcohol motifs (C(OH)–C–C–N with tert-alkyl or cyclic N) is 1. The quantitative estimate of drug-likeness (QED) is 0.358. The molecule has 4 amide bonds. The molecule has 49 heavy (non-hydrogen) atoms. The van der Waals surface area contributed by atoms with Crippen LogP contribution in [-0.2, 0) is 28.8 Å². The van der Waals surface area contributed by atoms with E-state index in [1.54, 1.807) is 17.0 Å². The molecule has 3 saturated heterocycles. The number of hydrogen-bond donors (Lipinski definition) is 3. The Morgan fingerprint density at radius 3 is 2.27 bits per heavy atom. The molecule has 4 aliphatic heterocycles. The molecule has 3 fully saturated rings. The van der Waals surface area contributed by atoms with Crippen LogP contribution in [0.4, 0.5) is 15.3 Å². The molecule has 2 aromatic rings. The highest BCUT2D eigenvalue weighted by atomic mass is 16.6. The van der Waals surface area contributed by atoms with E-state index in [4.69, 9.17) is 4.74 Å². The fourth-order valence-corrected chi connectivity index (χ4v) is 8.32. The van der Waals surface area contributed by atoms with Crippen LogP contribution in [0.5, 0.6) is 5.75 Å². The van der Waals surface area contributed by atoms with Crippen molar-refractivity contribution < 1.29 is 29.3 Å². The third kappa shape index (κ3) is 8.49. The summed E-state index contributed by atoms with van der Waals surface area (Å²) in [4.78, 5) is 48.5. The SMILES string of the molecule is CCc1cc(C[C@@H](OC(=O)N2CCC(N3CCc4ccccc4NC3=O)CC2)C(=O)N2CCC(C3CCN(CCO)CC3)CC2)ccc1O. The number of aryl methyl sites for hydroxylation is 1. The number of fused-ring (bicyclic) bond motifs is 1. The van der Waals surface area contributed by atoms with Crippen LogP contribution in [-0.4, -0.2) is 119 Å². The molecule has 2 aromatic carbocycles. The zero-order valence-corrected chi connectivity index (χ0v) is 28.9. The molecule has 6 rings (SSSR count). The van der Waals surface area contributed by atoms with Gasteiger partial charge in [-0.1, -0.05) is 37.3 Å². The number of rotatable bonds is 9.